The average molecular weight is 315 g/mol. The monoisotopic (exact) mass is 314 g/mol. The van der Waals surface area contributed by atoms with Gasteiger partial charge in [0.25, 0.3) is 0 Å². The quantitative estimate of drug-likeness (QED) is 0.475. The standard InChI is InChI=1S/C19H22.C2H6.H2S/c1-6-7-8-16(4)18-11-13-19(14-12-18)17(5)10-9-15(2)3;1-2;/h6-11,13H,1-2,4-5,12,14H2,3H3;1-2H3;1H2/b8-7-,10-9-;;. The lowest BCUT2D eigenvalue weighted by Gasteiger charge is -2.15. The van der Waals surface area contributed by atoms with Gasteiger partial charge in [-0.05, 0) is 42.1 Å². The summed E-state index contributed by atoms with van der Waals surface area (Å²) < 4.78 is 0. The van der Waals surface area contributed by atoms with E-state index in [2.05, 4.69) is 38.5 Å². The van der Waals surface area contributed by atoms with E-state index < -0.39 is 0 Å². The Morgan fingerprint density at radius 2 is 1.36 bits per heavy atom. The van der Waals surface area contributed by atoms with Crippen LogP contribution in [-0.4, -0.2) is 0 Å². The SMILES string of the molecule is C=C/C=C\C(=C)C1=CC=C(C(=C)/C=C\C(=C)C)CC1.CC.S. The third kappa shape index (κ3) is 8.53. The molecule has 0 aromatic rings. The topological polar surface area (TPSA) is 0 Å². The first-order chi connectivity index (χ1) is 10.0. The Balaban J connectivity index is 0. The molecule has 0 amide bonds. The van der Waals surface area contributed by atoms with Crippen LogP contribution in [0.4, 0.5) is 0 Å². The first kappa shape index (κ1) is 22.5. The molecule has 0 N–H and O–H groups in total. The van der Waals surface area contributed by atoms with Crippen LogP contribution in [0.2, 0.25) is 0 Å². The molecule has 0 saturated carbocycles. The van der Waals surface area contributed by atoms with Crippen LogP contribution >= 0.6 is 13.5 Å². The van der Waals surface area contributed by atoms with E-state index in [1.54, 1.807) is 6.08 Å². The summed E-state index contributed by atoms with van der Waals surface area (Å²) in [7, 11) is 0. The average Bonchev–Trinajstić information content (AvgIpc) is 2.52. The van der Waals surface area contributed by atoms with Crippen LogP contribution in [0.15, 0.2) is 96.7 Å². The van der Waals surface area contributed by atoms with Crippen LogP contribution in [-0.2, 0) is 0 Å². The van der Waals surface area contributed by atoms with Gasteiger partial charge in [0.1, 0.15) is 0 Å². The molecule has 1 rings (SSSR count). The molecule has 0 radical (unpaired) electrons. The van der Waals surface area contributed by atoms with Crippen LogP contribution in [0.25, 0.3) is 0 Å². The fourth-order valence-electron chi connectivity index (χ4n) is 1.81. The Morgan fingerprint density at radius 3 is 1.73 bits per heavy atom. The second kappa shape index (κ2) is 13.0. The molecule has 0 spiro atoms. The van der Waals surface area contributed by atoms with Crippen LogP contribution in [0, 0.1) is 0 Å². The molecule has 0 saturated heterocycles. The summed E-state index contributed by atoms with van der Waals surface area (Å²) in [5.74, 6) is 0. The van der Waals surface area contributed by atoms with Gasteiger partial charge in [-0.3, -0.25) is 0 Å². The number of allylic oxidation sites excluding steroid dienone is 12. The molecule has 0 aromatic heterocycles. The Bertz CT molecular complexity index is 522. The minimum absolute atomic E-state index is 0. The van der Waals surface area contributed by atoms with Gasteiger partial charge < -0.3 is 0 Å². The maximum Gasteiger partial charge on any atom is -0.0232 e. The van der Waals surface area contributed by atoms with Gasteiger partial charge in [0.05, 0.1) is 0 Å². The molecule has 0 fully saturated rings. The van der Waals surface area contributed by atoms with Crippen molar-refractivity contribution in [2.45, 2.75) is 33.6 Å². The molecule has 1 aliphatic rings. The summed E-state index contributed by atoms with van der Waals surface area (Å²) >= 11 is 0. The molecule has 0 aliphatic heterocycles. The van der Waals surface area contributed by atoms with Gasteiger partial charge in [-0.1, -0.05) is 88.3 Å². The number of rotatable bonds is 6. The van der Waals surface area contributed by atoms with Gasteiger partial charge in [-0.2, -0.15) is 13.5 Å². The zero-order valence-electron chi connectivity index (χ0n) is 14.3. The van der Waals surface area contributed by atoms with Gasteiger partial charge in [0.15, 0.2) is 0 Å². The van der Waals surface area contributed by atoms with Crippen molar-refractivity contribution in [2.24, 2.45) is 0 Å². The lowest BCUT2D eigenvalue weighted by atomic mass is 9.90. The third-order valence-electron chi connectivity index (χ3n) is 2.98. The van der Waals surface area contributed by atoms with Crippen molar-refractivity contribution >= 4 is 13.5 Å². The Morgan fingerprint density at radius 1 is 0.909 bits per heavy atom. The molecule has 22 heavy (non-hydrogen) atoms. The zero-order valence-corrected chi connectivity index (χ0v) is 15.3. The molecule has 0 atom stereocenters. The van der Waals surface area contributed by atoms with E-state index in [4.69, 9.17) is 0 Å². The minimum atomic E-state index is 0. The van der Waals surface area contributed by atoms with Crippen molar-refractivity contribution in [2.75, 3.05) is 0 Å². The van der Waals surface area contributed by atoms with E-state index in [9.17, 15) is 0 Å². The smallest absolute Gasteiger partial charge is 0.0232 e. The zero-order chi connectivity index (χ0) is 16.3. The van der Waals surface area contributed by atoms with Crippen LogP contribution in [0.3, 0.4) is 0 Å². The minimum Gasteiger partial charge on any atom is -0.197 e. The van der Waals surface area contributed by atoms with Crippen LogP contribution < -0.4 is 0 Å². The van der Waals surface area contributed by atoms with E-state index in [0.29, 0.717) is 0 Å². The van der Waals surface area contributed by atoms with Crippen molar-refractivity contribution < 1.29 is 0 Å². The fourth-order valence-corrected chi connectivity index (χ4v) is 1.81. The molecule has 0 nitrogen and oxygen atoms in total. The van der Waals surface area contributed by atoms with Gasteiger partial charge >= 0.3 is 0 Å². The largest absolute Gasteiger partial charge is 0.197 e. The third-order valence-corrected chi connectivity index (χ3v) is 2.98. The molecular weight excluding hydrogens is 284 g/mol. The van der Waals surface area contributed by atoms with Crippen molar-refractivity contribution in [3.8, 4) is 0 Å². The van der Waals surface area contributed by atoms with E-state index >= 15 is 0 Å². The van der Waals surface area contributed by atoms with Crippen LogP contribution in [0.1, 0.15) is 33.6 Å². The number of hydrogen-bond acceptors (Lipinski definition) is 0. The summed E-state index contributed by atoms with van der Waals surface area (Å²) in [6.45, 7) is 21.7. The Labute approximate surface area is 144 Å². The predicted molar refractivity (Wildman–Crippen MR) is 109 cm³/mol. The highest BCUT2D eigenvalue weighted by molar-refractivity contribution is 7.59. The highest BCUT2D eigenvalue weighted by atomic mass is 32.1. The lowest BCUT2D eigenvalue weighted by molar-refractivity contribution is 0.934. The summed E-state index contributed by atoms with van der Waals surface area (Å²) in [5, 5.41) is 0. The van der Waals surface area contributed by atoms with Crippen molar-refractivity contribution in [3.05, 3.63) is 96.7 Å². The first-order valence-electron chi connectivity index (χ1n) is 7.45. The highest BCUT2D eigenvalue weighted by Gasteiger charge is 2.08. The molecule has 0 aromatic carbocycles. The fraction of sp³-hybridized carbons (Fsp3) is 0.238. The Kier molecular flexibility index (Phi) is 13.3. The second-order valence-electron chi connectivity index (χ2n) is 4.71. The normalized spacial score (nSPS) is 13.4. The van der Waals surface area contributed by atoms with Crippen LogP contribution in [0.5, 0.6) is 0 Å². The Hall–Kier alpha value is -1.73. The molecule has 1 aliphatic carbocycles. The summed E-state index contributed by atoms with van der Waals surface area (Å²) in [5.41, 5.74) is 5.71. The maximum atomic E-state index is 4.09. The molecule has 0 bridgehead atoms. The van der Waals surface area contributed by atoms with Crippen molar-refractivity contribution in [1.82, 2.24) is 0 Å². The second-order valence-corrected chi connectivity index (χ2v) is 4.71. The summed E-state index contributed by atoms with van der Waals surface area (Å²) in [6.07, 6.45) is 16.0. The van der Waals surface area contributed by atoms with Gasteiger partial charge in [-0.15, -0.1) is 0 Å². The lowest BCUT2D eigenvalue weighted by Crippen LogP contribution is -1.96. The summed E-state index contributed by atoms with van der Waals surface area (Å²) in [6, 6.07) is 0. The summed E-state index contributed by atoms with van der Waals surface area (Å²) in [4.78, 5) is 0. The highest BCUT2D eigenvalue weighted by Crippen LogP contribution is 2.27. The van der Waals surface area contributed by atoms with E-state index in [0.717, 1.165) is 29.6 Å². The molecule has 0 heterocycles. The van der Waals surface area contributed by atoms with Gasteiger partial charge in [0, 0.05) is 0 Å². The molecular formula is C21H30S. The first-order valence-corrected chi connectivity index (χ1v) is 7.45. The number of hydrogen-bond donors (Lipinski definition) is 0. The van der Waals surface area contributed by atoms with E-state index in [-0.39, 0.29) is 13.5 Å². The molecule has 0 unspecified atom stereocenters. The maximum absolute atomic E-state index is 4.09. The van der Waals surface area contributed by atoms with Gasteiger partial charge in [0.2, 0.25) is 0 Å². The van der Waals surface area contributed by atoms with Crippen molar-refractivity contribution in [1.29, 1.82) is 0 Å². The van der Waals surface area contributed by atoms with E-state index in [1.165, 1.54) is 11.1 Å². The van der Waals surface area contributed by atoms with Crippen molar-refractivity contribution in [3.63, 3.8) is 0 Å². The van der Waals surface area contributed by atoms with E-state index in [1.807, 2.05) is 45.1 Å². The predicted octanol–water partition coefficient (Wildman–Crippen LogP) is 6.76. The molecule has 1 heteroatoms. The molecule has 120 valence electrons. The van der Waals surface area contributed by atoms with Gasteiger partial charge in [-0.25, -0.2) is 0 Å².